The lowest BCUT2D eigenvalue weighted by atomic mass is 9.94. The van der Waals surface area contributed by atoms with E-state index in [2.05, 4.69) is 5.32 Å². The van der Waals surface area contributed by atoms with Crippen molar-refractivity contribution in [2.75, 3.05) is 12.4 Å². The molecular weight excluding hydrogens is 235 g/mol. The Morgan fingerprint density at radius 1 is 1.50 bits per heavy atom. The molecule has 5 heteroatoms. The Labute approximate surface area is 106 Å². The van der Waals surface area contributed by atoms with Gasteiger partial charge in [-0.25, -0.2) is 4.39 Å². The molecule has 1 aromatic carbocycles. The molecule has 0 aliphatic heterocycles. The van der Waals surface area contributed by atoms with Crippen LogP contribution in [0.15, 0.2) is 18.2 Å². The van der Waals surface area contributed by atoms with Gasteiger partial charge in [0, 0.05) is 12.8 Å². The minimum absolute atomic E-state index is 0.366. The van der Waals surface area contributed by atoms with Crippen molar-refractivity contribution < 1.29 is 13.9 Å². The largest absolute Gasteiger partial charge is 0.379 e. The highest BCUT2D eigenvalue weighted by molar-refractivity contribution is 5.88. The lowest BCUT2D eigenvalue weighted by Crippen LogP contribution is -2.56. The molecule has 2 unspecified atom stereocenters. The number of aryl methyl sites for hydroxylation is 1. The third-order valence-electron chi connectivity index (χ3n) is 3.12. The number of hydrogen-bond donors (Lipinski definition) is 2. The molecule has 4 nitrogen and oxygen atoms in total. The molecule has 0 radical (unpaired) electrons. The zero-order valence-electron chi connectivity index (χ0n) is 11.1. The smallest absolute Gasteiger partial charge is 0.245 e. The van der Waals surface area contributed by atoms with Crippen LogP contribution in [-0.4, -0.2) is 24.7 Å². The summed E-state index contributed by atoms with van der Waals surface area (Å²) in [4.78, 5) is 11.6. The van der Waals surface area contributed by atoms with Gasteiger partial charge in [-0.15, -0.1) is 0 Å². The monoisotopic (exact) mass is 254 g/mol. The van der Waals surface area contributed by atoms with Crippen LogP contribution in [0, 0.1) is 12.7 Å². The molecule has 1 rings (SSSR count). The predicted octanol–water partition coefficient (Wildman–Crippen LogP) is 1.82. The molecule has 1 aromatic rings. The summed E-state index contributed by atoms with van der Waals surface area (Å²) in [5, 5.41) is 2.95. The number of carbonyl (C=O) groups is 1. The van der Waals surface area contributed by atoms with Gasteiger partial charge in [-0.05, 0) is 44.5 Å². The van der Waals surface area contributed by atoms with E-state index in [-0.39, 0.29) is 5.82 Å². The molecule has 0 aliphatic rings. The third kappa shape index (κ3) is 2.98. The van der Waals surface area contributed by atoms with E-state index in [1.165, 1.54) is 19.2 Å². The second-order valence-corrected chi connectivity index (χ2v) is 4.59. The first-order valence-electron chi connectivity index (χ1n) is 5.67. The molecule has 0 fully saturated rings. The van der Waals surface area contributed by atoms with Crippen LogP contribution in [0.25, 0.3) is 0 Å². The summed E-state index contributed by atoms with van der Waals surface area (Å²) < 4.78 is 18.5. The SMILES string of the molecule is COC(C)C(C)(Nc1cc(C)cc(F)c1)C(N)=O. The second kappa shape index (κ2) is 5.35. The molecule has 0 aliphatic carbocycles. The van der Waals surface area contributed by atoms with Crippen molar-refractivity contribution in [3.05, 3.63) is 29.6 Å². The van der Waals surface area contributed by atoms with Crippen molar-refractivity contribution in [3.63, 3.8) is 0 Å². The van der Waals surface area contributed by atoms with E-state index >= 15 is 0 Å². The number of primary amides is 1. The number of benzene rings is 1. The van der Waals surface area contributed by atoms with E-state index in [9.17, 15) is 9.18 Å². The Morgan fingerprint density at radius 3 is 2.56 bits per heavy atom. The van der Waals surface area contributed by atoms with Crippen LogP contribution >= 0.6 is 0 Å². The van der Waals surface area contributed by atoms with Crippen LogP contribution in [0.2, 0.25) is 0 Å². The number of ether oxygens (including phenoxy) is 1. The fourth-order valence-electron chi connectivity index (χ4n) is 1.71. The number of halogens is 1. The molecule has 1 amide bonds. The van der Waals surface area contributed by atoms with E-state index in [0.717, 1.165) is 5.56 Å². The highest BCUT2D eigenvalue weighted by Crippen LogP contribution is 2.22. The summed E-state index contributed by atoms with van der Waals surface area (Å²) in [7, 11) is 1.49. The summed E-state index contributed by atoms with van der Waals surface area (Å²) in [6.45, 7) is 5.13. The quantitative estimate of drug-likeness (QED) is 0.842. The van der Waals surface area contributed by atoms with Crippen molar-refractivity contribution in [2.24, 2.45) is 5.73 Å². The van der Waals surface area contributed by atoms with E-state index in [0.29, 0.717) is 5.69 Å². The normalized spacial score (nSPS) is 15.8. The fourth-order valence-corrected chi connectivity index (χ4v) is 1.71. The summed E-state index contributed by atoms with van der Waals surface area (Å²) in [6, 6.07) is 4.47. The molecule has 3 N–H and O–H groups in total. The standard InChI is InChI=1S/C13H19FN2O2/c1-8-5-10(14)7-11(6-8)16-13(3,12(15)17)9(2)18-4/h5-7,9,16H,1-4H3,(H2,15,17). The number of methoxy groups -OCH3 is 1. The van der Waals surface area contributed by atoms with Crippen LogP contribution in [-0.2, 0) is 9.53 Å². The van der Waals surface area contributed by atoms with E-state index in [4.69, 9.17) is 10.5 Å². The third-order valence-corrected chi connectivity index (χ3v) is 3.12. The minimum atomic E-state index is -1.10. The first-order valence-corrected chi connectivity index (χ1v) is 5.67. The van der Waals surface area contributed by atoms with Gasteiger partial charge in [-0.2, -0.15) is 0 Å². The van der Waals surface area contributed by atoms with Crippen molar-refractivity contribution >= 4 is 11.6 Å². The average Bonchev–Trinajstić information content (AvgIpc) is 2.25. The summed E-state index contributed by atoms with van der Waals surface area (Å²) >= 11 is 0. The number of nitrogens with two attached hydrogens (primary N) is 1. The molecule has 0 aromatic heterocycles. The molecule has 0 bridgehead atoms. The zero-order chi connectivity index (χ0) is 13.9. The predicted molar refractivity (Wildman–Crippen MR) is 68.8 cm³/mol. The number of anilines is 1. The van der Waals surface area contributed by atoms with Gasteiger partial charge in [-0.3, -0.25) is 4.79 Å². The molecular formula is C13H19FN2O2. The minimum Gasteiger partial charge on any atom is -0.379 e. The van der Waals surface area contributed by atoms with Crippen LogP contribution in [0.3, 0.4) is 0 Å². The van der Waals surface area contributed by atoms with Crippen molar-refractivity contribution in [2.45, 2.75) is 32.4 Å². The fraction of sp³-hybridized carbons (Fsp3) is 0.462. The van der Waals surface area contributed by atoms with E-state index < -0.39 is 17.6 Å². The first-order chi connectivity index (χ1) is 8.29. The summed E-state index contributed by atoms with van der Waals surface area (Å²) in [5.41, 5.74) is 5.55. The Bertz CT molecular complexity index is 430. The molecule has 0 spiro atoms. The van der Waals surface area contributed by atoms with Crippen LogP contribution in [0.1, 0.15) is 19.4 Å². The average molecular weight is 254 g/mol. The van der Waals surface area contributed by atoms with Crippen molar-refractivity contribution in [1.29, 1.82) is 0 Å². The second-order valence-electron chi connectivity index (χ2n) is 4.59. The Kier molecular flexibility index (Phi) is 4.29. The number of hydrogen-bond acceptors (Lipinski definition) is 3. The van der Waals surface area contributed by atoms with Crippen LogP contribution in [0.5, 0.6) is 0 Å². The molecule has 0 heterocycles. The van der Waals surface area contributed by atoms with Gasteiger partial charge in [0.05, 0.1) is 6.10 Å². The molecule has 0 saturated heterocycles. The van der Waals surface area contributed by atoms with Crippen molar-refractivity contribution in [1.82, 2.24) is 0 Å². The Morgan fingerprint density at radius 2 is 2.11 bits per heavy atom. The lowest BCUT2D eigenvalue weighted by Gasteiger charge is -2.33. The Balaban J connectivity index is 3.07. The number of amides is 1. The summed E-state index contributed by atoms with van der Waals surface area (Å²) in [6.07, 6.45) is -0.446. The van der Waals surface area contributed by atoms with Gasteiger partial charge in [0.15, 0.2) is 0 Å². The molecule has 0 saturated carbocycles. The van der Waals surface area contributed by atoms with Gasteiger partial charge in [-0.1, -0.05) is 0 Å². The Hall–Kier alpha value is -1.62. The molecule has 100 valence electrons. The van der Waals surface area contributed by atoms with Gasteiger partial charge in [0.25, 0.3) is 0 Å². The molecule has 18 heavy (non-hydrogen) atoms. The number of carbonyl (C=O) groups excluding carboxylic acids is 1. The van der Waals surface area contributed by atoms with Crippen LogP contribution < -0.4 is 11.1 Å². The summed E-state index contributed by atoms with van der Waals surface area (Å²) in [5.74, 6) is -0.923. The highest BCUT2D eigenvalue weighted by Gasteiger charge is 2.37. The maximum absolute atomic E-state index is 13.3. The zero-order valence-corrected chi connectivity index (χ0v) is 11.1. The van der Waals surface area contributed by atoms with E-state index in [1.54, 1.807) is 26.8 Å². The van der Waals surface area contributed by atoms with E-state index in [1.807, 2.05) is 0 Å². The maximum atomic E-state index is 13.3. The number of nitrogens with one attached hydrogen (secondary N) is 1. The maximum Gasteiger partial charge on any atom is 0.245 e. The topological polar surface area (TPSA) is 64.3 Å². The highest BCUT2D eigenvalue weighted by atomic mass is 19.1. The van der Waals surface area contributed by atoms with Gasteiger partial charge < -0.3 is 15.8 Å². The lowest BCUT2D eigenvalue weighted by molar-refractivity contribution is -0.125. The van der Waals surface area contributed by atoms with Gasteiger partial charge >= 0.3 is 0 Å². The van der Waals surface area contributed by atoms with Gasteiger partial charge in [0.2, 0.25) is 5.91 Å². The number of rotatable bonds is 5. The first kappa shape index (κ1) is 14.4. The van der Waals surface area contributed by atoms with Gasteiger partial charge in [0.1, 0.15) is 11.4 Å². The molecule has 2 atom stereocenters. The van der Waals surface area contributed by atoms with Crippen LogP contribution in [0.4, 0.5) is 10.1 Å². The van der Waals surface area contributed by atoms with Crippen molar-refractivity contribution in [3.8, 4) is 0 Å².